The van der Waals surface area contributed by atoms with E-state index in [0.29, 0.717) is 6.42 Å². The zero-order valence-corrected chi connectivity index (χ0v) is 17.7. The zero-order chi connectivity index (χ0) is 20.0. The van der Waals surface area contributed by atoms with Crippen LogP contribution < -0.4 is 5.32 Å². The number of hydrogen-bond acceptors (Lipinski definition) is 5. The van der Waals surface area contributed by atoms with Crippen molar-refractivity contribution in [2.75, 3.05) is 38.2 Å². The van der Waals surface area contributed by atoms with Crippen LogP contribution in [0.4, 0.5) is 0 Å². The molecule has 2 aliphatic rings. The van der Waals surface area contributed by atoms with Gasteiger partial charge in [0.05, 0.1) is 17.7 Å². The first kappa shape index (κ1) is 21.4. The van der Waals surface area contributed by atoms with E-state index in [1.165, 1.54) is 0 Å². The van der Waals surface area contributed by atoms with E-state index in [-0.39, 0.29) is 18.1 Å². The summed E-state index contributed by atoms with van der Waals surface area (Å²) in [6.07, 6.45) is 7.30. The maximum Gasteiger partial charge on any atom is 0.244 e. The minimum absolute atomic E-state index is 0.181. The van der Waals surface area contributed by atoms with E-state index in [0.717, 1.165) is 43.8 Å². The van der Waals surface area contributed by atoms with Gasteiger partial charge in [-0.05, 0) is 37.7 Å². The molecule has 2 fully saturated rings. The highest BCUT2D eigenvalue weighted by Gasteiger charge is 2.49. The highest BCUT2D eigenvalue weighted by Crippen LogP contribution is 2.39. The molecule has 28 heavy (non-hydrogen) atoms. The topological polar surface area (TPSA) is 61.8 Å². The van der Waals surface area contributed by atoms with Gasteiger partial charge in [-0.25, -0.2) is 0 Å². The first-order valence-electron chi connectivity index (χ1n) is 10.0. The monoisotopic (exact) mass is 404 g/mol. The molecule has 2 heterocycles. The van der Waals surface area contributed by atoms with Crippen molar-refractivity contribution in [2.45, 2.75) is 43.4 Å². The Morgan fingerprint density at radius 3 is 2.75 bits per heavy atom. The molecule has 2 atom stereocenters. The molecule has 0 aliphatic carbocycles. The van der Waals surface area contributed by atoms with Crippen LogP contribution in [0.3, 0.4) is 0 Å². The number of piperidine rings is 1. The van der Waals surface area contributed by atoms with Crippen LogP contribution in [0.25, 0.3) is 6.08 Å². The molecule has 1 spiro atoms. The number of nitrogens with one attached hydrogen (secondary N) is 1. The van der Waals surface area contributed by atoms with Crippen LogP contribution in [-0.4, -0.2) is 71.4 Å². The van der Waals surface area contributed by atoms with Crippen molar-refractivity contribution < 1.29 is 14.6 Å². The van der Waals surface area contributed by atoms with Gasteiger partial charge >= 0.3 is 0 Å². The third-order valence-electron chi connectivity index (χ3n) is 5.99. The molecule has 3 rings (SSSR count). The molecule has 0 aromatic heterocycles. The van der Waals surface area contributed by atoms with Gasteiger partial charge in [0, 0.05) is 37.9 Å². The number of aliphatic hydroxyl groups excluding tert-OH is 1. The van der Waals surface area contributed by atoms with Crippen LogP contribution in [0.5, 0.6) is 0 Å². The largest absolute Gasteiger partial charge is 0.388 e. The molecule has 2 aliphatic heterocycles. The maximum absolute atomic E-state index is 12.5. The van der Waals surface area contributed by atoms with Crippen molar-refractivity contribution in [1.29, 1.82) is 0 Å². The molecule has 154 valence electrons. The van der Waals surface area contributed by atoms with E-state index < -0.39 is 11.6 Å². The Morgan fingerprint density at radius 2 is 2.07 bits per heavy atom. The minimum atomic E-state index is -0.707. The summed E-state index contributed by atoms with van der Waals surface area (Å²) in [4.78, 5) is 15.0. The van der Waals surface area contributed by atoms with Gasteiger partial charge < -0.3 is 20.1 Å². The first-order chi connectivity index (χ1) is 13.4. The summed E-state index contributed by atoms with van der Waals surface area (Å²) in [5, 5.41) is 13.6. The summed E-state index contributed by atoms with van der Waals surface area (Å²) in [6.45, 7) is 5.33. The Kier molecular flexibility index (Phi) is 7.20. The number of likely N-dealkylation sites (tertiary alicyclic amines) is 1. The van der Waals surface area contributed by atoms with Gasteiger partial charge in [-0.15, -0.1) is 0 Å². The summed E-state index contributed by atoms with van der Waals surface area (Å²) < 4.78 is 6.13. The van der Waals surface area contributed by atoms with Crippen molar-refractivity contribution in [1.82, 2.24) is 10.2 Å². The number of aliphatic hydroxyl groups is 1. The molecule has 2 saturated heterocycles. The number of carbonyl (C=O) groups excluding carboxylic acids is 1. The van der Waals surface area contributed by atoms with Gasteiger partial charge in [0.2, 0.25) is 5.91 Å². The smallest absolute Gasteiger partial charge is 0.244 e. The molecule has 0 unspecified atom stereocenters. The van der Waals surface area contributed by atoms with Gasteiger partial charge in [0.25, 0.3) is 0 Å². The number of nitrogens with zero attached hydrogens (tertiary/aromatic N) is 1. The number of carbonyl (C=O) groups is 1. The Balaban J connectivity index is 1.60. The van der Waals surface area contributed by atoms with Crippen molar-refractivity contribution in [3.05, 3.63) is 42.0 Å². The lowest BCUT2D eigenvalue weighted by Crippen LogP contribution is -2.65. The summed E-state index contributed by atoms with van der Waals surface area (Å²) in [7, 11) is 0. The SMILES string of the molecule is CSCCN1CCC2(CC1)C[C@@](C)(NC(=O)/C=C/c1ccccc1)[C@H](O)CO2. The van der Waals surface area contributed by atoms with E-state index >= 15 is 0 Å². The second-order valence-electron chi connectivity index (χ2n) is 8.17. The van der Waals surface area contributed by atoms with Crippen LogP contribution in [-0.2, 0) is 9.53 Å². The van der Waals surface area contributed by atoms with Gasteiger partial charge in [0.1, 0.15) is 6.10 Å². The number of amides is 1. The third kappa shape index (κ3) is 5.38. The second kappa shape index (κ2) is 9.44. The number of benzene rings is 1. The number of thioether (sulfide) groups is 1. The van der Waals surface area contributed by atoms with E-state index in [2.05, 4.69) is 16.5 Å². The zero-order valence-electron chi connectivity index (χ0n) is 16.9. The number of ether oxygens (including phenoxy) is 1. The molecular formula is C22H32N2O3S. The molecule has 6 heteroatoms. The quantitative estimate of drug-likeness (QED) is 0.714. The highest BCUT2D eigenvalue weighted by molar-refractivity contribution is 7.98. The molecular weight excluding hydrogens is 372 g/mol. The van der Waals surface area contributed by atoms with Crippen LogP contribution in [0, 0.1) is 0 Å². The van der Waals surface area contributed by atoms with Crippen LogP contribution in [0.1, 0.15) is 31.7 Å². The van der Waals surface area contributed by atoms with Crippen LogP contribution >= 0.6 is 11.8 Å². The van der Waals surface area contributed by atoms with E-state index in [4.69, 9.17) is 4.74 Å². The Hall–Kier alpha value is -1.34. The van der Waals surface area contributed by atoms with Gasteiger partial charge in [-0.2, -0.15) is 11.8 Å². The van der Waals surface area contributed by atoms with Crippen LogP contribution in [0.15, 0.2) is 36.4 Å². The fourth-order valence-corrected chi connectivity index (χ4v) is 4.63. The lowest BCUT2D eigenvalue weighted by molar-refractivity contribution is -0.180. The molecule has 1 aromatic rings. The van der Waals surface area contributed by atoms with Crippen molar-refractivity contribution in [3.8, 4) is 0 Å². The lowest BCUT2D eigenvalue weighted by atomic mass is 9.74. The second-order valence-corrected chi connectivity index (χ2v) is 9.16. The third-order valence-corrected chi connectivity index (χ3v) is 6.58. The van der Waals surface area contributed by atoms with Gasteiger partial charge in [-0.1, -0.05) is 30.3 Å². The molecule has 0 bridgehead atoms. The predicted octanol–water partition coefficient (Wildman–Crippen LogP) is 2.55. The first-order valence-corrected chi connectivity index (χ1v) is 11.4. The lowest BCUT2D eigenvalue weighted by Gasteiger charge is -2.52. The van der Waals surface area contributed by atoms with Crippen LogP contribution in [0.2, 0.25) is 0 Å². The van der Waals surface area contributed by atoms with Crippen molar-refractivity contribution in [2.24, 2.45) is 0 Å². The molecule has 0 radical (unpaired) electrons. The van der Waals surface area contributed by atoms with Crippen molar-refractivity contribution in [3.63, 3.8) is 0 Å². The van der Waals surface area contributed by atoms with E-state index in [1.54, 1.807) is 12.2 Å². The molecule has 1 aromatic carbocycles. The maximum atomic E-state index is 12.5. The van der Waals surface area contributed by atoms with Crippen molar-refractivity contribution >= 4 is 23.7 Å². The van der Waals surface area contributed by atoms with Gasteiger partial charge in [0.15, 0.2) is 0 Å². The summed E-state index contributed by atoms with van der Waals surface area (Å²) >= 11 is 1.87. The predicted molar refractivity (Wildman–Crippen MR) is 115 cm³/mol. The summed E-state index contributed by atoms with van der Waals surface area (Å²) in [5.74, 6) is 0.966. The standard InChI is InChI=1S/C22H32N2O3S/c1-21(23-20(26)9-8-18-6-4-3-5-7-18)17-22(27-16-19(21)25)10-12-24(13-11-22)14-15-28-2/h3-9,19,25H,10-17H2,1-2H3,(H,23,26)/b9-8+/t19-,21-/m1/s1. The summed E-state index contributed by atoms with van der Waals surface area (Å²) in [6, 6.07) is 9.73. The average Bonchev–Trinajstić information content (AvgIpc) is 2.70. The molecule has 2 N–H and O–H groups in total. The molecule has 5 nitrogen and oxygen atoms in total. The normalized spacial score (nSPS) is 27.9. The van der Waals surface area contributed by atoms with Gasteiger partial charge in [-0.3, -0.25) is 4.79 Å². The van der Waals surface area contributed by atoms with E-state index in [9.17, 15) is 9.90 Å². The Labute approximate surface area is 172 Å². The molecule has 0 saturated carbocycles. The summed E-state index contributed by atoms with van der Waals surface area (Å²) in [5.41, 5.74) is 0.0438. The minimum Gasteiger partial charge on any atom is -0.388 e. The Morgan fingerprint density at radius 1 is 1.36 bits per heavy atom. The number of hydrogen-bond donors (Lipinski definition) is 2. The molecule has 1 amide bonds. The fourth-order valence-electron chi connectivity index (χ4n) is 4.19. The average molecular weight is 405 g/mol. The highest BCUT2D eigenvalue weighted by atomic mass is 32.2. The fraction of sp³-hybridized carbons (Fsp3) is 0.591. The number of rotatable bonds is 6. The van der Waals surface area contributed by atoms with E-state index in [1.807, 2.05) is 49.0 Å². The Bertz CT molecular complexity index is 674.